The van der Waals surface area contributed by atoms with Crippen LogP contribution in [0.5, 0.6) is 0 Å². The van der Waals surface area contributed by atoms with E-state index < -0.39 is 5.97 Å². The summed E-state index contributed by atoms with van der Waals surface area (Å²) >= 11 is 0. The van der Waals surface area contributed by atoms with E-state index in [4.69, 9.17) is 5.11 Å². The Morgan fingerprint density at radius 1 is 1.00 bits per heavy atom. The maximum atomic E-state index is 9.96. The van der Waals surface area contributed by atoms with Crippen LogP contribution in [0.25, 0.3) is 0 Å². The zero-order valence-electron chi connectivity index (χ0n) is 10.4. The van der Waals surface area contributed by atoms with Crippen molar-refractivity contribution >= 4 is 56.9 Å². The standard InChI is InChI=1S/C7H14O2.C5H5N.3BrH/c1-2-3-4-5-6-7(8)9;1-2-4-6-5-3-1;;;/h2-6H2,1H3,(H,8,9);1-5H;3*1H. The molecule has 108 valence electrons. The topological polar surface area (TPSA) is 50.2 Å². The number of nitrogens with zero attached hydrogens (tertiary/aromatic N) is 1. The lowest BCUT2D eigenvalue weighted by molar-refractivity contribution is -0.137. The van der Waals surface area contributed by atoms with Gasteiger partial charge in [-0.2, -0.15) is 0 Å². The van der Waals surface area contributed by atoms with Crippen molar-refractivity contribution in [2.45, 2.75) is 39.0 Å². The minimum absolute atomic E-state index is 0. The monoisotopic (exact) mass is 449 g/mol. The summed E-state index contributed by atoms with van der Waals surface area (Å²) in [5.74, 6) is -0.675. The number of carbonyl (C=O) groups is 1. The van der Waals surface area contributed by atoms with E-state index in [-0.39, 0.29) is 50.9 Å². The number of halogens is 3. The molecule has 6 heteroatoms. The van der Waals surface area contributed by atoms with Gasteiger partial charge in [-0.25, -0.2) is 0 Å². The van der Waals surface area contributed by atoms with Crippen LogP contribution >= 0.6 is 50.9 Å². The average Bonchev–Trinajstić information content (AvgIpc) is 2.28. The number of aromatic nitrogens is 1. The quantitative estimate of drug-likeness (QED) is 0.650. The average molecular weight is 452 g/mol. The summed E-state index contributed by atoms with van der Waals surface area (Å²) in [5.41, 5.74) is 0. The summed E-state index contributed by atoms with van der Waals surface area (Å²) < 4.78 is 0. The lowest BCUT2D eigenvalue weighted by atomic mass is 10.2. The smallest absolute Gasteiger partial charge is 0.303 e. The van der Waals surface area contributed by atoms with E-state index in [9.17, 15) is 4.79 Å². The summed E-state index contributed by atoms with van der Waals surface area (Å²) in [7, 11) is 0. The van der Waals surface area contributed by atoms with Gasteiger partial charge in [0.25, 0.3) is 0 Å². The van der Waals surface area contributed by atoms with Gasteiger partial charge < -0.3 is 5.11 Å². The summed E-state index contributed by atoms with van der Waals surface area (Å²) in [5, 5.41) is 8.21. The molecular weight excluding hydrogens is 430 g/mol. The van der Waals surface area contributed by atoms with Crippen molar-refractivity contribution in [1.29, 1.82) is 0 Å². The van der Waals surface area contributed by atoms with E-state index in [0.717, 1.165) is 19.3 Å². The maximum Gasteiger partial charge on any atom is 0.303 e. The van der Waals surface area contributed by atoms with Crippen molar-refractivity contribution in [3.05, 3.63) is 30.6 Å². The predicted molar refractivity (Wildman–Crippen MR) is 91.6 cm³/mol. The highest BCUT2D eigenvalue weighted by molar-refractivity contribution is 8.93. The lowest BCUT2D eigenvalue weighted by Crippen LogP contribution is -1.92. The van der Waals surface area contributed by atoms with Crippen LogP contribution in [0.2, 0.25) is 0 Å². The van der Waals surface area contributed by atoms with Crippen molar-refractivity contribution in [3.8, 4) is 0 Å². The zero-order chi connectivity index (χ0) is 11.4. The van der Waals surface area contributed by atoms with Crippen molar-refractivity contribution in [2.24, 2.45) is 0 Å². The molecule has 3 nitrogen and oxygen atoms in total. The van der Waals surface area contributed by atoms with E-state index in [1.807, 2.05) is 18.2 Å². The zero-order valence-corrected chi connectivity index (χ0v) is 15.6. The second-order valence-corrected chi connectivity index (χ2v) is 3.23. The maximum absolute atomic E-state index is 9.96. The predicted octanol–water partition coefficient (Wildman–Crippen LogP) is 4.86. The van der Waals surface area contributed by atoms with Crippen molar-refractivity contribution < 1.29 is 9.90 Å². The molecule has 0 fully saturated rings. The first-order chi connectivity index (χ1) is 7.27. The molecule has 0 spiro atoms. The summed E-state index contributed by atoms with van der Waals surface area (Å²) in [6, 6.07) is 5.72. The Morgan fingerprint density at radius 3 is 1.83 bits per heavy atom. The summed E-state index contributed by atoms with van der Waals surface area (Å²) in [6.07, 6.45) is 8.05. The first-order valence-electron chi connectivity index (χ1n) is 5.34. The molecule has 1 aromatic heterocycles. The van der Waals surface area contributed by atoms with Crippen molar-refractivity contribution in [3.63, 3.8) is 0 Å². The normalized spacial score (nSPS) is 7.39. The van der Waals surface area contributed by atoms with Crippen LogP contribution < -0.4 is 0 Å². The third-order valence-electron chi connectivity index (χ3n) is 1.81. The molecule has 0 aliphatic heterocycles. The van der Waals surface area contributed by atoms with Gasteiger partial charge in [-0.15, -0.1) is 50.9 Å². The van der Waals surface area contributed by atoms with Crippen LogP contribution in [0.15, 0.2) is 30.6 Å². The Morgan fingerprint density at radius 2 is 1.56 bits per heavy atom. The van der Waals surface area contributed by atoms with Gasteiger partial charge in [-0.1, -0.05) is 32.3 Å². The van der Waals surface area contributed by atoms with Crippen LogP contribution in [0.3, 0.4) is 0 Å². The number of rotatable bonds is 5. The summed E-state index contributed by atoms with van der Waals surface area (Å²) in [6.45, 7) is 2.11. The van der Waals surface area contributed by atoms with Crippen molar-refractivity contribution in [2.75, 3.05) is 0 Å². The van der Waals surface area contributed by atoms with Crippen LogP contribution in [-0.4, -0.2) is 16.1 Å². The first kappa shape index (κ1) is 26.6. The Kier molecular flexibility index (Phi) is 32.9. The van der Waals surface area contributed by atoms with Crippen LogP contribution in [0.4, 0.5) is 0 Å². The Labute approximate surface area is 141 Å². The minimum atomic E-state index is -0.675. The number of carboxylic acid groups (broad SMARTS) is 1. The molecular formula is C12H22Br3NO2. The van der Waals surface area contributed by atoms with Crippen LogP contribution in [0.1, 0.15) is 39.0 Å². The highest BCUT2D eigenvalue weighted by atomic mass is 79.9. The number of pyridine rings is 1. The fourth-order valence-corrected chi connectivity index (χ4v) is 1.02. The van der Waals surface area contributed by atoms with Gasteiger partial charge in [0.1, 0.15) is 0 Å². The van der Waals surface area contributed by atoms with Gasteiger partial charge in [0.05, 0.1) is 0 Å². The highest BCUT2D eigenvalue weighted by Gasteiger charge is 1.93. The number of hydrogen-bond acceptors (Lipinski definition) is 2. The molecule has 0 atom stereocenters. The van der Waals surface area contributed by atoms with E-state index in [2.05, 4.69) is 11.9 Å². The molecule has 0 unspecified atom stereocenters. The molecule has 1 heterocycles. The van der Waals surface area contributed by atoms with Gasteiger partial charge in [0.2, 0.25) is 0 Å². The number of aliphatic carboxylic acids is 1. The fourth-order valence-electron chi connectivity index (χ4n) is 1.02. The van der Waals surface area contributed by atoms with Gasteiger partial charge >= 0.3 is 5.97 Å². The van der Waals surface area contributed by atoms with E-state index in [1.165, 1.54) is 6.42 Å². The van der Waals surface area contributed by atoms with Gasteiger partial charge in [0, 0.05) is 18.8 Å². The highest BCUT2D eigenvalue weighted by Crippen LogP contribution is 2.01. The van der Waals surface area contributed by atoms with Gasteiger partial charge in [0.15, 0.2) is 0 Å². The molecule has 1 N–H and O–H groups in total. The molecule has 0 aliphatic carbocycles. The molecule has 1 rings (SSSR count). The molecule has 0 aromatic carbocycles. The van der Waals surface area contributed by atoms with Gasteiger partial charge in [-0.05, 0) is 18.6 Å². The largest absolute Gasteiger partial charge is 0.481 e. The Bertz CT molecular complexity index is 222. The van der Waals surface area contributed by atoms with E-state index in [0.29, 0.717) is 6.42 Å². The number of unbranched alkanes of at least 4 members (excludes halogenated alkanes) is 3. The molecule has 0 bridgehead atoms. The number of carboxylic acids is 1. The second-order valence-electron chi connectivity index (χ2n) is 3.23. The molecule has 0 amide bonds. The van der Waals surface area contributed by atoms with Crippen LogP contribution in [-0.2, 0) is 4.79 Å². The molecule has 0 saturated heterocycles. The second kappa shape index (κ2) is 22.3. The summed E-state index contributed by atoms with van der Waals surface area (Å²) in [4.78, 5) is 13.7. The molecule has 0 saturated carbocycles. The molecule has 1 aromatic rings. The fraction of sp³-hybridized carbons (Fsp3) is 0.500. The first-order valence-corrected chi connectivity index (χ1v) is 5.34. The molecule has 0 aliphatic rings. The molecule has 18 heavy (non-hydrogen) atoms. The van der Waals surface area contributed by atoms with Crippen molar-refractivity contribution in [1.82, 2.24) is 4.98 Å². The lowest BCUT2D eigenvalue weighted by Gasteiger charge is -1.92. The molecule has 0 radical (unpaired) electrons. The number of hydrogen-bond donors (Lipinski definition) is 1. The third kappa shape index (κ3) is 25.0. The Balaban J connectivity index is -0.0000000972. The minimum Gasteiger partial charge on any atom is -0.481 e. The van der Waals surface area contributed by atoms with E-state index in [1.54, 1.807) is 12.4 Å². The SMILES string of the molecule is Br.Br.Br.CCCCCCC(=O)O.c1ccncc1. The Hall–Kier alpha value is 0.0600. The van der Waals surface area contributed by atoms with Crippen LogP contribution in [0, 0.1) is 0 Å². The third-order valence-corrected chi connectivity index (χ3v) is 1.81. The van der Waals surface area contributed by atoms with E-state index >= 15 is 0 Å². The van der Waals surface area contributed by atoms with Gasteiger partial charge in [-0.3, -0.25) is 9.78 Å².